The van der Waals surface area contributed by atoms with Crippen molar-refractivity contribution in [2.75, 3.05) is 0 Å². The third kappa shape index (κ3) is 2.32. The first kappa shape index (κ1) is 15.2. The van der Waals surface area contributed by atoms with Crippen molar-refractivity contribution >= 4 is 27.9 Å². The summed E-state index contributed by atoms with van der Waals surface area (Å²) in [5.74, 6) is 0. The van der Waals surface area contributed by atoms with Gasteiger partial charge in [0, 0.05) is 59.3 Å². The summed E-state index contributed by atoms with van der Waals surface area (Å²) >= 11 is 0. The van der Waals surface area contributed by atoms with Crippen molar-refractivity contribution in [2.24, 2.45) is 14.1 Å². The average Bonchev–Trinajstić information content (AvgIpc) is 3.09. The fraction of sp³-hybridized carbons (Fsp3) is 0.100. The summed E-state index contributed by atoms with van der Waals surface area (Å²) in [6.07, 6.45) is 4.68. The molecule has 5 heteroatoms. The molecule has 0 aliphatic heterocycles. The van der Waals surface area contributed by atoms with Crippen LogP contribution in [0.2, 0.25) is 0 Å². The minimum atomic E-state index is -0.426. The summed E-state index contributed by atoms with van der Waals surface area (Å²) in [7, 11) is 3.96. The number of para-hydroxylation sites is 2. The van der Waals surface area contributed by atoms with Crippen LogP contribution in [-0.4, -0.2) is 14.1 Å². The molecule has 2 aromatic heterocycles. The standard InChI is InChI=1S/C20H17N3O2/c1-21-13-16(14-7-3-5-9-17(14)21)20-15-8-4-6-10-18(15)22(2)19(20)11-12-23(24)25/h3-13H,1-2H3/b12-11+. The van der Waals surface area contributed by atoms with Crippen LogP contribution >= 0.6 is 0 Å². The quantitative estimate of drug-likeness (QED) is 0.407. The van der Waals surface area contributed by atoms with Crippen LogP contribution in [0.3, 0.4) is 0 Å². The minimum absolute atomic E-state index is 0.426. The topological polar surface area (TPSA) is 53.0 Å². The molecule has 0 spiro atoms. The maximum atomic E-state index is 10.9. The summed E-state index contributed by atoms with van der Waals surface area (Å²) in [6.45, 7) is 0. The molecule has 5 nitrogen and oxygen atoms in total. The fourth-order valence-electron chi connectivity index (χ4n) is 3.56. The highest BCUT2D eigenvalue weighted by Gasteiger charge is 2.19. The van der Waals surface area contributed by atoms with Crippen LogP contribution in [0, 0.1) is 10.1 Å². The summed E-state index contributed by atoms with van der Waals surface area (Å²) in [4.78, 5) is 10.4. The van der Waals surface area contributed by atoms with Gasteiger partial charge in [-0.15, -0.1) is 0 Å². The first-order chi connectivity index (χ1) is 12.1. The lowest BCUT2D eigenvalue weighted by Gasteiger charge is -2.02. The largest absolute Gasteiger partial charge is 0.350 e. The van der Waals surface area contributed by atoms with E-state index in [1.165, 1.54) is 0 Å². The zero-order valence-electron chi connectivity index (χ0n) is 14.0. The van der Waals surface area contributed by atoms with Gasteiger partial charge in [-0.25, -0.2) is 0 Å². The first-order valence-corrected chi connectivity index (χ1v) is 8.01. The van der Waals surface area contributed by atoms with E-state index in [9.17, 15) is 10.1 Å². The number of fused-ring (bicyclic) bond motifs is 2. The number of aromatic nitrogens is 2. The Kier molecular flexibility index (Phi) is 3.42. The molecule has 0 aliphatic carbocycles. The van der Waals surface area contributed by atoms with E-state index in [4.69, 9.17) is 0 Å². The molecule has 0 aliphatic rings. The van der Waals surface area contributed by atoms with Crippen molar-refractivity contribution in [1.29, 1.82) is 0 Å². The van der Waals surface area contributed by atoms with E-state index in [1.54, 1.807) is 6.08 Å². The molecule has 124 valence electrons. The summed E-state index contributed by atoms with van der Waals surface area (Å²) in [5.41, 5.74) is 5.11. The van der Waals surface area contributed by atoms with Gasteiger partial charge in [-0.3, -0.25) is 10.1 Å². The Morgan fingerprint density at radius 1 is 0.960 bits per heavy atom. The lowest BCUT2D eigenvalue weighted by atomic mass is 10.0. The van der Waals surface area contributed by atoms with E-state index < -0.39 is 4.92 Å². The number of nitro groups is 1. The molecule has 0 atom stereocenters. The molecule has 0 N–H and O–H groups in total. The zero-order valence-corrected chi connectivity index (χ0v) is 14.0. The second kappa shape index (κ2) is 5.63. The first-order valence-electron chi connectivity index (χ1n) is 8.01. The zero-order chi connectivity index (χ0) is 17.6. The highest BCUT2D eigenvalue weighted by Crippen LogP contribution is 2.39. The minimum Gasteiger partial charge on any atom is -0.350 e. The normalized spacial score (nSPS) is 11.8. The second-order valence-corrected chi connectivity index (χ2v) is 6.11. The summed E-state index contributed by atoms with van der Waals surface area (Å²) in [6, 6.07) is 16.3. The van der Waals surface area contributed by atoms with Gasteiger partial charge in [0.15, 0.2) is 0 Å². The Hall–Kier alpha value is -3.34. The number of nitrogens with zero attached hydrogens (tertiary/aromatic N) is 3. The average molecular weight is 331 g/mol. The van der Waals surface area contributed by atoms with Crippen molar-refractivity contribution in [3.05, 3.63) is 76.7 Å². The van der Waals surface area contributed by atoms with Crippen LogP contribution in [0.15, 0.2) is 60.9 Å². The number of aryl methyl sites for hydroxylation is 2. The fourth-order valence-corrected chi connectivity index (χ4v) is 3.56. The third-order valence-corrected chi connectivity index (χ3v) is 4.67. The van der Waals surface area contributed by atoms with Gasteiger partial charge in [0.2, 0.25) is 6.20 Å². The summed E-state index contributed by atoms with van der Waals surface area (Å²) in [5, 5.41) is 13.1. The molecular weight excluding hydrogens is 314 g/mol. The Morgan fingerprint density at radius 2 is 1.60 bits per heavy atom. The van der Waals surface area contributed by atoms with E-state index in [-0.39, 0.29) is 0 Å². The summed E-state index contributed by atoms with van der Waals surface area (Å²) < 4.78 is 4.10. The van der Waals surface area contributed by atoms with Gasteiger partial charge in [0.05, 0.1) is 10.6 Å². The van der Waals surface area contributed by atoms with Gasteiger partial charge < -0.3 is 9.13 Å². The molecule has 0 saturated heterocycles. The predicted octanol–water partition coefficient (Wildman–Crippen LogP) is 4.58. The van der Waals surface area contributed by atoms with E-state index in [1.807, 2.05) is 49.0 Å². The molecule has 4 aromatic rings. The van der Waals surface area contributed by atoms with E-state index >= 15 is 0 Å². The molecule has 2 aromatic carbocycles. The highest BCUT2D eigenvalue weighted by molar-refractivity contribution is 6.08. The third-order valence-electron chi connectivity index (χ3n) is 4.67. The predicted molar refractivity (Wildman–Crippen MR) is 101 cm³/mol. The van der Waals surface area contributed by atoms with E-state index in [2.05, 4.69) is 29.0 Å². The van der Waals surface area contributed by atoms with Crippen molar-refractivity contribution < 1.29 is 4.92 Å². The van der Waals surface area contributed by atoms with Gasteiger partial charge in [0.1, 0.15) is 0 Å². The maximum Gasteiger partial charge on any atom is 0.236 e. The Morgan fingerprint density at radius 3 is 2.32 bits per heavy atom. The molecule has 0 radical (unpaired) electrons. The molecule has 2 heterocycles. The van der Waals surface area contributed by atoms with Crippen LogP contribution < -0.4 is 0 Å². The SMILES string of the molecule is Cn1cc(-c2c(/C=C/[N+](=O)[O-])n(C)c3ccccc23)c2ccccc21. The molecule has 0 bridgehead atoms. The Balaban J connectivity index is 2.12. The van der Waals surface area contributed by atoms with Crippen LogP contribution in [-0.2, 0) is 14.1 Å². The smallest absolute Gasteiger partial charge is 0.236 e. The van der Waals surface area contributed by atoms with Crippen molar-refractivity contribution in [1.82, 2.24) is 9.13 Å². The number of hydrogen-bond acceptors (Lipinski definition) is 2. The van der Waals surface area contributed by atoms with Crippen molar-refractivity contribution in [2.45, 2.75) is 0 Å². The Bertz CT molecular complexity index is 1150. The molecule has 25 heavy (non-hydrogen) atoms. The lowest BCUT2D eigenvalue weighted by Crippen LogP contribution is -1.92. The molecule has 0 amide bonds. The lowest BCUT2D eigenvalue weighted by molar-refractivity contribution is -0.401. The molecule has 4 rings (SSSR count). The van der Waals surface area contributed by atoms with Crippen molar-refractivity contribution in [3.63, 3.8) is 0 Å². The monoisotopic (exact) mass is 331 g/mol. The van der Waals surface area contributed by atoms with Gasteiger partial charge in [-0.1, -0.05) is 36.4 Å². The molecular formula is C20H17N3O2. The number of benzene rings is 2. The van der Waals surface area contributed by atoms with Gasteiger partial charge in [-0.2, -0.15) is 0 Å². The van der Waals surface area contributed by atoms with Crippen LogP contribution in [0.25, 0.3) is 39.0 Å². The Labute approximate surface area is 144 Å². The highest BCUT2D eigenvalue weighted by atomic mass is 16.6. The number of hydrogen-bond donors (Lipinski definition) is 0. The van der Waals surface area contributed by atoms with E-state index in [0.29, 0.717) is 0 Å². The van der Waals surface area contributed by atoms with Gasteiger partial charge in [0.25, 0.3) is 0 Å². The number of rotatable bonds is 3. The van der Waals surface area contributed by atoms with E-state index in [0.717, 1.165) is 44.8 Å². The molecule has 0 unspecified atom stereocenters. The van der Waals surface area contributed by atoms with Crippen LogP contribution in [0.5, 0.6) is 0 Å². The molecule has 0 fully saturated rings. The van der Waals surface area contributed by atoms with Crippen molar-refractivity contribution in [3.8, 4) is 11.1 Å². The van der Waals surface area contributed by atoms with Gasteiger partial charge in [-0.05, 0) is 12.1 Å². The van der Waals surface area contributed by atoms with Crippen LogP contribution in [0.4, 0.5) is 0 Å². The molecule has 0 saturated carbocycles. The second-order valence-electron chi connectivity index (χ2n) is 6.11. The maximum absolute atomic E-state index is 10.9. The van der Waals surface area contributed by atoms with Gasteiger partial charge >= 0.3 is 0 Å². The van der Waals surface area contributed by atoms with Crippen LogP contribution in [0.1, 0.15) is 5.69 Å².